The molecule has 0 saturated heterocycles. The molecule has 0 radical (unpaired) electrons. The zero-order chi connectivity index (χ0) is 16.2. The molecular formula is C18H11FN2O2. The molecule has 3 rings (SSSR count). The minimum Gasteiger partial charge on any atom is -0.478 e. The summed E-state index contributed by atoms with van der Waals surface area (Å²) in [7, 11) is 0. The first-order valence-electron chi connectivity index (χ1n) is 6.77. The summed E-state index contributed by atoms with van der Waals surface area (Å²) in [5.41, 5.74) is 1.62. The van der Waals surface area contributed by atoms with Gasteiger partial charge in [-0.05, 0) is 36.4 Å². The molecular weight excluding hydrogens is 295 g/mol. The molecule has 4 nitrogen and oxygen atoms in total. The number of hydrogen-bond acceptors (Lipinski definition) is 2. The Hall–Kier alpha value is -3.39. The normalized spacial score (nSPS) is 9.96. The Kier molecular flexibility index (Phi) is 3.89. The fraction of sp³-hybridized carbons (Fsp3) is 0. The Morgan fingerprint density at radius 1 is 1.09 bits per heavy atom. The van der Waals surface area contributed by atoms with Gasteiger partial charge in [-0.3, -0.25) is 4.98 Å². The zero-order valence-corrected chi connectivity index (χ0v) is 11.9. The summed E-state index contributed by atoms with van der Waals surface area (Å²) in [6, 6.07) is 9.36. The van der Waals surface area contributed by atoms with Crippen LogP contribution in [0.1, 0.15) is 21.5 Å². The number of hydrogen-bond donors (Lipinski definition) is 1. The molecule has 0 saturated carbocycles. The Labute approximate surface area is 131 Å². The van der Waals surface area contributed by atoms with Gasteiger partial charge >= 0.3 is 5.97 Å². The third-order valence-electron chi connectivity index (χ3n) is 3.20. The van der Waals surface area contributed by atoms with Crippen LogP contribution < -0.4 is 0 Å². The van der Waals surface area contributed by atoms with Gasteiger partial charge in [-0.2, -0.15) is 0 Å². The van der Waals surface area contributed by atoms with Crippen molar-refractivity contribution in [1.82, 2.24) is 9.55 Å². The molecule has 0 fully saturated rings. The van der Waals surface area contributed by atoms with Crippen LogP contribution in [-0.4, -0.2) is 20.6 Å². The molecule has 2 aromatic heterocycles. The van der Waals surface area contributed by atoms with Gasteiger partial charge in [-0.15, -0.1) is 0 Å². The summed E-state index contributed by atoms with van der Waals surface area (Å²) in [6.45, 7) is 0. The van der Waals surface area contributed by atoms with Crippen LogP contribution in [0.15, 0.2) is 61.2 Å². The summed E-state index contributed by atoms with van der Waals surface area (Å²) in [6.07, 6.45) is 6.29. The highest BCUT2D eigenvalue weighted by molar-refractivity contribution is 5.92. The number of carbonyl (C=O) groups is 1. The molecule has 0 aliphatic heterocycles. The van der Waals surface area contributed by atoms with Gasteiger partial charge in [0.2, 0.25) is 0 Å². The highest BCUT2D eigenvalue weighted by Crippen LogP contribution is 2.18. The van der Waals surface area contributed by atoms with Gasteiger partial charge in [0.1, 0.15) is 11.4 Å². The van der Waals surface area contributed by atoms with Crippen molar-refractivity contribution < 1.29 is 14.3 Å². The average molecular weight is 306 g/mol. The van der Waals surface area contributed by atoms with E-state index in [0.717, 1.165) is 0 Å². The lowest BCUT2D eigenvalue weighted by Gasteiger charge is -2.09. The maximum atomic E-state index is 12.9. The molecule has 112 valence electrons. The van der Waals surface area contributed by atoms with Gasteiger partial charge in [0.05, 0.1) is 11.3 Å². The van der Waals surface area contributed by atoms with E-state index >= 15 is 0 Å². The van der Waals surface area contributed by atoms with E-state index in [-0.39, 0.29) is 11.4 Å². The van der Waals surface area contributed by atoms with Gasteiger partial charge in [0.25, 0.3) is 0 Å². The summed E-state index contributed by atoms with van der Waals surface area (Å²) in [5, 5.41) is 9.36. The third kappa shape index (κ3) is 3.11. The largest absolute Gasteiger partial charge is 0.478 e. The predicted molar refractivity (Wildman–Crippen MR) is 82.9 cm³/mol. The number of halogens is 1. The summed E-state index contributed by atoms with van der Waals surface area (Å²) < 4.78 is 14.6. The van der Waals surface area contributed by atoms with Gasteiger partial charge in [-0.1, -0.05) is 11.8 Å². The minimum atomic E-state index is -1.08. The number of benzene rings is 1. The van der Waals surface area contributed by atoms with Crippen molar-refractivity contribution in [3.63, 3.8) is 0 Å². The highest BCUT2D eigenvalue weighted by Gasteiger charge is 2.15. The van der Waals surface area contributed by atoms with Crippen molar-refractivity contribution in [3.8, 4) is 17.5 Å². The van der Waals surface area contributed by atoms with Gasteiger partial charge in [0, 0.05) is 30.4 Å². The maximum Gasteiger partial charge on any atom is 0.339 e. The first-order chi connectivity index (χ1) is 11.1. The number of carboxylic acid groups (broad SMARTS) is 1. The number of aromatic nitrogens is 2. The van der Waals surface area contributed by atoms with Crippen molar-refractivity contribution in [3.05, 3.63) is 83.7 Å². The number of carboxylic acids is 1. The summed E-state index contributed by atoms with van der Waals surface area (Å²) in [4.78, 5) is 15.4. The van der Waals surface area contributed by atoms with Crippen molar-refractivity contribution in [2.75, 3.05) is 0 Å². The number of rotatable bonds is 2. The molecule has 0 amide bonds. The monoisotopic (exact) mass is 306 g/mol. The van der Waals surface area contributed by atoms with E-state index in [1.165, 1.54) is 24.5 Å². The second kappa shape index (κ2) is 6.16. The lowest BCUT2D eigenvalue weighted by atomic mass is 10.1. The molecule has 0 spiro atoms. The SMILES string of the molecule is O=C(O)c1cncc(C#Cc2ccc(F)cc2)c1-n1cccc1. The lowest BCUT2D eigenvalue weighted by Crippen LogP contribution is -2.07. The number of nitrogens with zero attached hydrogens (tertiary/aromatic N) is 2. The van der Waals surface area contributed by atoms with E-state index in [0.29, 0.717) is 16.8 Å². The van der Waals surface area contributed by atoms with Crippen LogP contribution in [0.2, 0.25) is 0 Å². The molecule has 0 aliphatic carbocycles. The van der Waals surface area contributed by atoms with Crippen LogP contribution in [0, 0.1) is 17.7 Å². The van der Waals surface area contributed by atoms with Crippen LogP contribution in [0.25, 0.3) is 5.69 Å². The number of aromatic carboxylic acids is 1. The zero-order valence-electron chi connectivity index (χ0n) is 11.9. The van der Waals surface area contributed by atoms with Crippen molar-refractivity contribution >= 4 is 5.97 Å². The molecule has 0 bridgehead atoms. The molecule has 5 heteroatoms. The van der Waals surface area contributed by atoms with Gasteiger partial charge in [0.15, 0.2) is 0 Å². The summed E-state index contributed by atoms with van der Waals surface area (Å²) in [5.74, 6) is 4.39. The van der Waals surface area contributed by atoms with Crippen LogP contribution in [-0.2, 0) is 0 Å². The first kappa shape index (κ1) is 14.5. The fourth-order valence-electron chi connectivity index (χ4n) is 2.14. The van der Waals surface area contributed by atoms with Gasteiger partial charge < -0.3 is 9.67 Å². The fourth-order valence-corrected chi connectivity index (χ4v) is 2.14. The molecule has 2 heterocycles. The Balaban J connectivity index is 2.11. The summed E-state index contributed by atoms with van der Waals surface area (Å²) >= 11 is 0. The van der Waals surface area contributed by atoms with Crippen LogP contribution in [0.3, 0.4) is 0 Å². The van der Waals surface area contributed by atoms with E-state index < -0.39 is 5.97 Å². The van der Waals surface area contributed by atoms with Crippen LogP contribution in [0.5, 0.6) is 0 Å². The minimum absolute atomic E-state index is 0.0621. The van der Waals surface area contributed by atoms with Crippen molar-refractivity contribution in [1.29, 1.82) is 0 Å². The molecule has 1 N–H and O–H groups in total. The highest BCUT2D eigenvalue weighted by atomic mass is 19.1. The molecule has 23 heavy (non-hydrogen) atoms. The molecule has 0 atom stereocenters. The smallest absolute Gasteiger partial charge is 0.339 e. The molecule has 0 aliphatic rings. The average Bonchev–Trinajstić information content (AvgIpc) is 3.08. The van der Waals surface area contributed by atoms with E-state index in [9.17, 15) is 14.3 Å². The van der Waals surface area contributed by atoms with E-state index in [2.05, 4.69) is 16.8 Å². The quantitative estimate of drug-likeness (QED) is 0.740. The van der Waals surface area contributed by atoms with Crippen molar-refractivity contribution in [2.24, 2.45) is 0 Å². The van der Waals surface area contributed by atoms with E-state index in [1.807, 2.05) is 0 Å². The van der Waals surface area contributed by atoms with Crippen molar-refractivity contribution in [2.45, 2.75) is 0 Å². The topological polar surface area (TPSA) is 55.1 Å². The van der Waals surface area contributed by atoms with E-state index in [4.69, 9.17) is 0 Å². The second-order valence-corrected chi connectivity index (χ2v) is 4.74. The number of pyridine rings is 1. The van der Waals surface area contributed by atoms with Gasteiger partial charge in [-0.25, -0.2) is 9.18 Å². The standard InChI is InChI=1S/C18H11FN2O2/c19-15-7-4-13(5-8-15)3-6-14-11-20-12-16(18(22)23)17(14)21-9-1-2-10-21/h1-2,4-5,7-12H,(H,22,23). The first-order valence-corrected chi connectivity index (χ1v) is 6.77. The molecule has 1 aromatic carbocycles. The van der Waals surface area contributed by atoms with Crippen LogP contribution in [0.4, 0.5) is 4.39 Å². The Morgan fingerprint density at radius 3 is 2.43 bits per heavy atom. The molecule has 0 unspecified atom stereocenters. The lowest BCUT2D eigenvalue weighted by molar-refractivity contribution is 0.0696. The maximum absolute atomic E-state index is 12.9. The molecule has 3 aromatic rings. The predicted octanol–water partition coefficient (Wildman–Crippen LogP) is 3.11. The Morgan fingerprint density at radius 2 is 1.78 bits per heavy atom. The Bertz CT molecular complexity index is 904. The second-order valence-electron chi connectivity index (χ2n) is 4.74. The van der Waals surface area contributed by atoms with E-state index in [1.54, 1.807) is 41.2 Å². The third-order valence-corrected chi connectivity index (χ3v) is 3.20. The van der Waals surface area contributed by atoms with Crippen LogP contribution >= 0.6 is 0 Å².